The van der Waals surface area contributed by atoms with E-state index in [9.17, 15) is 0 Å². The Bertz CT molecular complexity index is 547. The maximum atomic E-state index is 5.79. The molecule has 2 aliphatic heterocycles. The van der Waals surface area contributed by atoms with Gasteiger partial charge in [0.15, 0.2) is 5.96 Å². The van der Waals surface area contributed by atoms with E-state index in [1.54, 1.807) is 13.4 Å². The number of rotatable bonds is 7. The van der Waals surface area contributed by atoms with Crippen LogP contribution in [0.1, 0.15) is 31.5 Å². The number of aromatic nitrogens is 3. The van der Waals surface area contributed by atoms with Gasteiger partial charge in [-0.25, -0.2) is 9.67 Å². The zero-order chi connectivity index (χ0) is 17.3. The fourth-order valence-corrected chi connectivity index (χ4v) is 3.29. The van der Waals surface area contributed by atoms with Crippen molar-refractivity contribution >= 4 is 29.9 Å². The first-order valence-corrected chi connectivity index (χ1v) is 9.34. The first kappa shape index (κ1) is 21.4. The van der Waals surface area contributed by atoms with Crippen LogP contribution < -0.4 is 10.6 Å². The van der Waals surface area contributed by atoms with Gasteiger partial charge in [-0.1, -0.05) is 0 Å². The second-order valence-electron chi connectivity index (χ2n) is 6.72. The number of ether oxygens (including phenoxy) is 2. The molecule has 1 aromatic heterocycles. The van der Waals surface area contributed by atoms with Crippen LogP contribution in [-0.4, -0.2) is 66.8 Å². The zero-order valence-corrected chi connectivity index (χ0v) is 17.9. The molecule has 0 saturated carbocycles. The molecule has 148 valence electrons. The molecule has 1 saturated heterocycles. The number of hydrogen-bond acceptors (Lipinski definition) is 5. The third-order valence-corrected chi connectivity index (χ3v) is 4.82. The van der Waals surface area contributed by atoms with Gasteiger partial charge in [0.1, 0.15) is 12.2 Å². The summed E-state index contributed by atoms with van der Waals surface area (Å²) in [5.41, 5.74) is 0. The van der Waals surface area contributed by atoms with Gasteiger partial charge in [-0.15, -0.1) is 24.0 Å². The van der Waals surface area contributed by atoms with Gasteiger partial charge in [0.2, 0.25) is 0 Å². The van der Waals surface area contributed by atoms with Crippen LogP contribution in [0.2, 0.25) is 0 Å². The van der Waals surface area contributed by atoms with Gasteiger partial charge < -0.3 is 20.1 Å². The molecule has 26 heavy (non-hydrogen) atoms. The smallest absolute Gasteiger partial charge is 0.191 e. The van der Waals surface area contributed by atoms with Crippen LogP contribution >= 0.6 is 24.0 Å². The lowest BCUT2D eigenvalue weighted by Crippen LogP contribution is -2.47. The van der Waals surface area contributed by atoms with Crippen LogP contribution in [0, 0.1) is 5.92 Å². The van der Waals surface area contributed by atoms with Crippen molar-refractivity contribution in [2.45, 2.75) is 44.7 Å². The van der Waals surface area contributed by atoms with E-state index in [1.807, 2.05) is 4.68 Å². The van der Waals surface area contributed by atoms with Gasteiger partial charge in [0, 0.05) is 52.5 Å². The summed E-state index contributed by atoms with van der Waals surface area (Å²) in [7, 11) is 1.81. The number of aliphatic imine (C=N–C) groups is 1. The second kappa shape index (κ2) is 11.7. The highest BCUT2D eigenvalue weighted by Gasteiger charge is 2.20. The van der Waals surface area contributed by atoms with E-state index >= 15 is 0 Å². The van der Waals surface area contributed by atoms with Gasteiger partial charge >= 0.3 is 0 Å². The van der Waals surface area contributed by atoms with Crippen molar-refractivity contribution in [3.05, 3.63) is 12.2 Å². The van der Waals surface area contributed by atoms with Crippen molar-refractivity contribution in [3.8, 4) is 0 Å². The topological polar surface area (TPSA) is 85.6 Å². The summed E-state index contributed by atoms with van der Waals surface area (Å²) in [4.78, 5) is 8.57. The van der Waals surface area contributed by atoms with Crippen LogP contribution in [0.15, 0.2) is 11.3 Å². The molecule has 0 spiro atoms. The van der Waals surface area contributed by atoms with Gasteiger partial charge in [-0.2, -0.15) is 5.10 Å². The predicted octanol–water partition coefficient (Wildman–Crippen LogP) is 1.21. The maximum absolute atomic E-state index is 5.79. The average Bonchev–Trinajstić information content (AvgIpc) is 3.12. The van der Waals surface area contributed by atoms with Crippen LogP contribution in [0.25, 0.3) is 0 Å². The van der Waals surface area contributed by atoms with E-state index in [-0.39, 0.29) is 24.0 Å². The molecule has 0 radical (unpaired) electrons. The fourth-order valence-electron chi connectivity index (χ4n) is 3.29. The molecule has 3 rings (SSSR count). The summed E-state index contributed by atoms with van der Waals surface area (Å²) in [5.74, 6) is 2.59. The van der Waals surface area contributed by atoms with Crippen LogP contribution in [-0.2, 0) is 22.4 Å². The summed E-state index contributed by atoms with van der Waals surface area (Å²) in [6, 6.07) is 0.338. The summed E-state index contributed by atoms with van der Waals surface area (Å²) in [5, 5.41) is 11.1. The van der Waals surface area contributed by atoms with Gasteiger partial charge in [-0.3, -0.25) is 4.99 Å². The minimum absolute atomic E-state index is 0. The first-order chi connectivity index (χ1) is 12.3. The predicted molar refractivity (Wildman–Crippen MR) is 111 cm³/mol. The fraction of sp³-hybridized carbons (Fsp3) is 0.824. The van der Waals surface area contributed by atoms with Crippen LogP contribution in [0.4, 0.5) is 0 Å². The average molecular weight is 478 g/mol. The van der Waals surface area contributed by atoms with Crippen molar-refractivity contribution in [1.29, 1.82) is 0 Å². The molecular formula is C17H31IN6O2. The highest BCUT2D eigenvalue weighted by molar-refractivity contribution is 14.0. The Morgan fingerprint density at radius 1 is 1.38 bits per heavy atom. The van der Waals surface area contributed by atoms with E-state index in [0.29, 0.717) is 12.0 Å². The summed E-state index contributed by atoms with van der Waals surface area (Å²) in [6.07, 6.45) is 6.86. The number of nitrogens with one attached hydrogen (secondary N) is 2. The molecule has 1 fully saturated rings. The molecule has 2 N–H and O–H groups in total. The van der Waals surface area contributed by atoms with Crippen molar-refractivity contribution in [3.63, 3.8) is 0 Å². The molecule has 2 aliphatic rings. The lowest BCUT2D eigenvalue weighted by molar-refractivity contribution is 0.0203. The molecule has 0 amide bonds. The normalized spacial score (nSPS) is 21.0. The van der Waals surface area contributed by atoms with E-state index in [0.717, 1.165) is 83.4 Å². The Morgan fingerprint density at radius 2 is 2.23 bits per heavy atom. The molecule has 1 aromatic rings. The largest absolute Gasteiger partial charge is 0.381 e. The highest BCUT2D eigenvalue weighted by atomic mass is 127. The van der Waals surface area contributed by atoms with Crippen LogP contribution in [0.3, 0.4) is 0 Å². The number of fused-ring (bicyclic) bond motifs is 1. The molecule has 0 aliphatic carbocycles. The Hall–Kier alpha value is -0.940. The molecule has 1 atom stereocenters. The lowest BCUT2D eigenvalue weighted by atomic mass is 10.0. The Kier molecular flexibility index (Phi) is 9.62. The van der Waals surface area contributed by atoms with E-state index in [2.05, 4.69) is 25.7 Å². The first-order valence-electron chi connectivity index (χ1n) is 9.34. The Balaban J connectivity index is 0.00000243. The highest BCUT2D eigenvalue weighted by Crippen LogP contribution is 2.14. The molecule has 8 nitrogen and oxygen atoms in total. The van der Waals surface area contributed by atoms with Crippen LogP contribution in [0.5, 0.6) is 0 Å². The van der Waals surface area contributed by atoms with Crippen molar-refractivity contribution < 1.29 is 9.47 Å². The Morgan fingerprint density at radius 3 is 3.04 bits per heavy atom. The van der Waals surface area contributed by atoms with Gasteiger partial charge in [-0.05, 0) is 31.6 Å². The van der Waals surface area contributed by atoms with Gasteiger partial charge in [0.25, 0.3) is 0 Å². The third-order valence-electron chi connectivity index (χ3n) is 4.82. The molecule has 3 heterocycles. The quantitative estimate of drug-likeness (QED) is 0.265. The number of aryl methyl sites for hydroxylation is 1. The van der Waals surface area contributed by atoms with Crippen molar-refractivity contribution in [2.75, 3.05) is 40.0 Å². The SMILES string of the molecule is CN=C(NCCCOCC1CCOCC1)NC1CCc2ncnn2C1.I. The van der Waals surface area contributed by atoms with Crippen molar-refractivity contribution in [2.24, 2.45) is 10.9 Å². The van der Waals surface area contributed by atoms with Crippen molar-refractivity contribution in [1.82, 2.24) is 25.4 Å². The van der Waals surface area contributed by atoms with Gasteiger partial charge in [0.05, 0.1) is 6.54 Å². The standard InChI is InChI=1S/C17H30N6O2.HI/c1-18-17(22-15-3-4-16-20-13-21-23(16)11-15)19-7-2-8-25-12-14-5-9-24-10-6-14;/h13-15H,2-12H2,1H3,(H2,18,19,22);1H. The minimum atomic E-state index is 0. The number of nitrogens with zero attached hydrogens (tertiary/aromatic N) is 4. The monoisotopic (exact) mass is 478 g/mol. The summed E-state index contributed by atoms with van der Waals surface area (Å²) in [6.45, 7) is 5.11. The van der Waals surface area contributed by atoms with E-state index in [1.165, 1.54) is 0 Å². The maximum Gasteiger partial charge on any atom is 0.191 e. The molecule has 0 aromatic carbocycles. The second-order valence-corrected chi connectivity index (χ2v) is 6.72. The molecular weight excluding hydrogens is 447 g/mol. The van der Waals surface area contributed by atoms with E-state index < -0.39 is 0 Å². The van der Waals surface area contributed by atoms with E-state index in [4.69, 9.17) is 9.47 Å². The summed E-state index contributed by atoms with van der Waals surface area (Å²) >= 11 is 0. The summed E-state index contributed by atoms with van der Waals surface area (Å²) < 4.78 is 13.1. The molecule has 1 unspecified atom stereocenters. The lowest BCUT2D eigenvalue weighted by Gasteiger charge is -2.25. The number of hydrogen-bond donors (Lipinski definition) is 2. The zero-order valence-electron chi connectivity index (χ0n) is 15.5. The third kappa shape index (κ3) is 6.66. The Labute approximate surface area is 172 Å². The minimum Gasteiger partial charge on any atom is -0.381 e. The number of halogens is 1. The molecule has 9 heteroatoms. The molecule has 0 bridgehead atoms. The number of guanidine groups is 1.